The maximum atomic E-state index is 12.3. The molecule has 1 aromatic rings. The SMILES string of the molecule is CC(C)C[C@@H](C=O)NC(=O)C(Br)CCCCN1C(=O)c2ccccc2C1=O. The highest BCUT2D eigenvalue weighted by molar-refractivity contribution is 9.10. The molecular weight excluding hydrogens is 412 g/mol. The number of carbonyl (C=O) groups excluding carboxylic acids is 4. The first kappa shape index (κ1) is 21.3. The number of aldehydes is 1. The van der Waals surface area contributed by atoms with E-state index in [9.17, 15) is 19.2 Å². The molecule has 1 aliphatic heterocycles. The number of amides is 3. The van der Waals surface area contributed by atoms with Crippen LogP contribution >= 0.6 is 15.9 Å². The lowest BCUT2D eigenvalue weighted by molar-refractivity contribution is -0.123. The van der Waals surface area contributed by atoms with Crippen LogP contribution in [0, 0.1) is 5.92 Å². The van der Waals surface area contributed by atoms with Crippen molar-refractivity contribution in [1.82, 2.24) is 10.2 Å². The van der Waals surface area contributed by atoms with E-state index in [0.717, 1.165) is 6.29 Å². The summed E-state index contributed by atoms with van der Waals surface area (Å²) in [7, 11) is 0. The molecule has 1 N–H and O–H groups in total. The fourth-order valence-electron chi connectivity index (χ4n) is 3.10. The van der Waals surface area contributed by atoms with Gasteiger partial charge in [-0.25, -0.2) is 0 Å². The Balaban J connectivity index is 1.75. The second kappa shape index (κ2) is 9.78. The van der Waals surface area contributed by atoms with Crippen molar-refractivity contribution in [3.05, 3.63) is 35.4 Å². The summed E-state index contributed by atoms with van der Waals surface area (Å²) in [4.78, 5) is 48.6. The number of alkyl halides is 1. The summed E-state index contributed by atoms with van der Waals surface area (Å²) >= 11 is 3.35. The summed E-state index contributed by atoms with van der Waals surface area (Å²) in [6.07, 6.45) is 3.22. The van der Waals surface area contributed by atoms with Crippen LogP contribution in [0.5, 0.6) is 0 Å². The molecule has 1 aromatic carbocycles. The minimum Gasteiger partial charge on any atom is -0.346 e. The molecule has 1 aliphatic rings. The van der Waals surface area contributed by atoms with Crippen molar-refractivity contribution >= 4 is 39.9 Å². The number of benzene rings is 1. The summed E-state index contributed by atoms with van der Waals surface area (Å²) in [5, 5.41) is 2.73. The van der Waals surface area contributed by atoms with Gasteiger partial charge in [0.15, 0.2) is 0 Å². The van der Waals surface area contributed by atoms with E-state index in [1.165, 1.54) is 4.90 Å². The normalized spacial score (nSPS) is 15.6. The average molecular weight is 437 g/mol. The molecule has 7 heteroatoms. The molecule has 0 aliphatic carbocycles. The number of hydrogen-bond donors (Lipinski definition) is 1. The summed E-state index contributed by atoms with van der Waals surface area (Å²) in [5.41, 5.74) is 0.899. The van der Waals surface area contributed by atoms with Crippen LogP contribution in [0.25, 0.3) is 0 Å². The maximum absolute atomic E-state index is 12.3. The maximum Gasteiger partial charge on any atom is 0.261 e. The number of rotatable bonds is 10. The fraction of sp³-hybridized carbons (Fsp3) is 0.500. The van der Waals surface area contributed by atoms with Gasteiger partial charge in [0, 0.05) is 6.54 Å². The first-order chi connectivity index (χ1) is 12.8. The Hall–Kier alpha value is -2.02. The number of unbranched alkanes of at least 4 members (excludes halogenated alkanes) is 1. The van der Waals surface area contributed by atoms with Gasteiger partial charge >= 0.3 is 0 Å². The van der Waals surface area contributed by atoms with E-state index in [-0.39, 0.29) is 17.7 Å². The van der Waals surface area contributed by atoms with Crippen LogP contribution in [-0.2, 0) is 9.59 Å². The Bertz CT molecular complexity index is 685. The molecule has 146 valence electrons. The Morgan fingerprint density at radius 2 is 1.74 bits per heavy atom. The minimum absolute atomic E-state index is 0.214. The highest BCUT2D eigenvalue weighted by Crippen LogP contribution is 2.23. The van der Waals surface area contributed by atoms with Crippen molar-refractivity contribution in [3.8, 4) is 0 Å². The predicted molar refractivity (Wildman–Crippen MR) is 106 cm³/mol. The van der Waals surface area contributed by atoms with E-state index in [0.29, 0.717) is 49.3 Å². The van der Waals surface area contributed by atoms with E-state index in [2.05, 4.69) is 21.2 Å². The highest BCUT2D eigenvalue weighted by atomic mass is 79.9. The van der Waals surface area contributed by atoms with Gasteiger partial charge in [0.05, 0.1) is 22.0 Å². The van der Waals surface area contributed by atoms with Crippen LogP contribution in [0.1, 0.15) is 60.2 Å². The van der Waals surface area contributed by atoms with Crippen LogP contribution in [-0.4, -0.2) is 46.3 Å². The molecular formula is C20H25BrN2O4. The third-order valence-electron chi connectivity index (χ3n) is 4.47. The molecule has 3 amide bonds. The number of carbonyl (C=O) groups is 4. The highest BCUT2D eigenvalue weighted by Gasteiger charge is 2.34. The number of halogens is 1. The lowest BCUT2D eigenvalue weighted by Gasteiger charge is -2.18. The van der Waals surface area contributed by atoms with Crippen molar-refractivity contribution in [2.75, 3.05) is 6.54 Å². The first-order valence-corrected chi connectivity index (χ1v) is 10.1. The van der Waals surface area contributed by atoms with Crippen LogP contribution in [0.2, 0.25) is 0 Å². The second-order valence-electron chi connectivity index (χ2n) is 7.15. The molecule has 0 bridgehead atoms. The van der Waals surface area contributed by atoms with Gasteiger partial charge in [0.1, 0.15) is 6.29 Å². The molecule has 2 rings (SSSR count). The van der Waals surface area contributed by atoms with Crippen LogP contribution in [0.4, 0.5) is 0 Å². The summed E-state index contributed by atoms with van der Waals surface area (Å²) < 4.78 is 0. The lowest BCUT2D eigenvalue weighted by atomic mass is 10.0. The number of hydrogen-bond acceptors (Lipinski definition) is 4. The largest absolute Gasteiger partial charge is 0.346 e. The van der Waals surface area contributed by atoms with Crippen molar-refractivity contribution in [2.45, 2.75) is 50.4 Å². The van der Waals surface area contributed by atoms with E-state index in [1.54, 1.807) is 24.3 Å². The molecule has 27 heavy (non-hydrogen) atoms. The molecule has 0 radical (unpaired) electrons. The Labute approximate surface area is 167 Å². The Morgan fingerprint density at radius 1 is 1.15 bits per heavy atom. The first-order valence-electron chi connectivity index (χ1n) is 9.20. The van der Waals surface area contributed by atoms with Crippen molar-refractivity contribution in [1.29, 1.82) is 0 Å². The van der Waals surface area contributed by atoms with Crippen molar-refractivity contribution < 1.29 is 19.2 Å². The average Bonchev–Trinajstić information content (AvgIpc) is 2.88. The smallest absolute Gasteiger partial charge is 0.261 e. The summed E-state index contributed by atoms with van der Waals surface area (Å²) in [6.45, 7) is 4.32. The number of nitrogens with zero attached hydrogens (tertiary/aromatic N) is 1. The Kier molecular flexibility index (Phi) is 7.71. The molecule has 0 fully saturated rings. The molecule has 2 atom stereocenters. The van der Waals surface area contributed by atoms with Crippen molar-refractivity contribution in [2.24, 2.45) is 5.92 Å². The standard InChI is InChI=1S/C20H25BrN2O4/c1-13(2)11-14(12-24)22-18(25)17(21)9-5-6-10-23-19(26)15-7-3-4-8-16(15)20(23)27/h3-4,7-8,12-14,17H,5-6,9-11H2,1-2H3,(H,22,25)/t14-,17?/m0/s1. The fourth-order valence-corrected chi connectivity index (χ4v) is 3.55. The molecule has 1 heterocycles. The van der Waals surface area contributed by atoms with Crippen molar-refractivity contribution in [3.63, 3.8) is 0 Å². The molecule has 0 aromatic heterocycles. The van der Waals surface area contributed by atoms with Gasteiger partial charge in [0.2, 0.25) is 5.91 Å². The van der Waals surface area contributed by atoms with E-state index < -0.39 is 10.9 Å². The van der Waals surface area contributed by atoms with Gasteiger partial charge < -0.3 is 10.1 Å². The quantitative estimate of drug-likeness (QED) is 0.264. The van der Waals surface area contributed by atoms with Crippen LogP contribution < -0.4 is 5.32 Å². The summed E-state index contributed by atoms with van der Waals surface area (Å²) in [6, 6.07) is 6.33. The zero-order valence-corrected chi connectivity index (χ0v) is 17.2. The van der Waals surface area contributed by atoms with Crippen LogP contribution in [0.15, 0.2) is 24.3 Å². The number of imide groups is 1. The van der Waals surface area contributed by atoms with E-state index >= 15 is 0 Å². The van der Waals surface area contributed by atoms with Gasteiger partial charge in [0.25, 0.3) is 11.8 Å². The minimum atomic E-state index is -0.476. The molecule has 0 saturated heterocycles. The van der Waals surface area contributed by atoms with Gasteiger partial charge in [-0.05, 0) is 37.3 Å². The Morgan fingerprint density at radius 3 is 2.26 bits per heavy atom. The van der Waals surface area contributed by atoms with Crippen LogP contribution in [0.3, 0.4) is 0 Å². The second-order valence-corrected chi connectivity index (χ2v) is 8.26. The number of nitrogens with one attached hydrogen (secondary N) is 1. The number of fused-ring (bicyclic) bond motifs is 1. The third-order valence-corrected chi connectivity index (χ3v) is 5.34. The van der Waals surface area contributed by atoms with E-state index in [1.807, 2.05) is 13.8 Å². The van der Waals surface area contributed by atoms with Gasteiger partial charge in [-0.15, -0.1) is 0 Å². The lowest BCUT2D eigenvalue weighted by Crippen LogP contribution is -2.41. The zero-order valence-electron chi connectivity index (χ0n) is 15.6. The topological polar surface area (TPSA) is 83.6 Å². The zero-order chi connectivity index (χ0) is 20.0. The van der Waals surface area contributed by atoms with Gasteiger partial charge in [-0.3, -0.25) is 19.3 Å². The molecule has 0 saturated carbocycles. The molecule has 6 nitrogen and oxygen atoms in total. The molecule has 1 unspecified atom stereocenters. The van der Waals surface area contributed by atoms with Gasteiger partial charge in [-0.1, -0.05) is 48.3 Å². The monoisotopic (exact) mass is 436 g/mol. The summed E-state index contributed by atoms with van der Waals surface area (Å²) in [5.74, 6) is -0.417. The molecule has 0 spiro atoms. The van der Waals surface area contributed by atoms with Gasteiger partial charge in [-0.2, -0.15) is 0 Å². The third kappa shape index (κ3) is 5.48. The van der Waals surface area contributed by atoms with E-state index in [4.69, 9.17) is 0 Å². The predicted octanol–water partition coefficient (Wildman–Crippen LogP) is 2.95.